The van der Waals surface area contributed by atoms with Crippen molar-refractivity contribution in [1.82, 2.24) is 15.0 Å². The number of aryl methyl sites for hydroxylation is 1. The van der Waals surface area contributed by atoms with Gasteiger partial charge < -0.3 is 9.97 Å². The van der Waals surface area contributed by atoms with Gasteiger partial charge in [0.25, 0.3) is 0 Å². The molecule has 3 nitrogen and oxygen atoms in total. The van der Waals surface area contributed by atoms with Crippen LogP contribution in [-0.2, 0) is 25.5 Å². The fourth-order valence-corrected chi connectivity index (χ4v) is 6.29. The first-order valence-electron chi connectivity index (χ1n) is 17.3. The summed E-state index contributed by atoms with van der Waals surface area (Å²) in [5, 5.41) is 1.13. The summed E-state index contributed by atoms with van der Waals surface area (Å²) >= 11 is 0. The van der Waals surface area contributed by atoms with Crippen LogP contribution >= 0.6 is 0 Å². The Hall–Kier alpha value is -5.54. The Bertz CT molecular complexity index is 2410. The second kappa shape index (κ2) is 16.2. The van der Waals surface area contributed by atoms with E-state index in [0.717, 1.165) is 44.5 Å². The molecule has 8 rings (SSSR count). The summed E-state index contributed by atoms with van der Waals surface area (Å²) in [4.78, 5) is 13.8. The standard InChI is InChI=1S/C36H29N2.C12H10N.Ir/c1-36(2,3)28-20-22-37-34(24-28)27-14-9-13-26(23-27)30-18-19-32(33-17-10-21-38-35(30)33)31-16-8-7-15-29(31)25-11-5-4-6-12-25;1-10-7-8-13-12(9-10)11-5-3-2-4-6-11;/h4-13,15-24H,1-3H3;2-5,7-9H,1H3;/q2*-1;. The maximum absolute atomic E-state index is 4.87. The van der Waals surface area contributed by atoms with Gasteiger partial charge in [0.05, 0.1) is 5.52 Å². The molecular formula is C48H39IrN3-2. The van der Waals surface area contributed by atoms with Gasteiger partial charge in [0.1, 0.15) is 0 Å². The molecule has 0 spiro atoms. The Kier molecular flexibility index (Phi) is 11.3. The van der Waals surface area contributed by atoms with Gasteiger partial charge in [-0.15, -0.1) is 65.7 Å². The van der Waals surface area contributed by atoms with Crippen LogP contribution in [-0.4, -0.2) is 15.0 Å². The molecule has 0 aliphatic carbocycles. The number of pyridine rings is 3. The molecule has 1 radical (unpaired) electrons. The molecule has 0 aliphatic heterocycles. The largest absolute Gasteiger partial charge is 0.305 e. The summed E-state index contributed by atoms with van der Waals surface area (Å²) < 4.78 is 0. The second-order valence-electron chi connectivity index (χ2n) is 13.6. The van der Waals surface area contributed by atoms with Crippen LogP contribution in [0, 0.1) is 19.1 Å². The summed E-state index contributed by atoms with van der Waals surface area (Å²) in [7, 11) is 0. The SMILES string of the molecule is CC(C)(C)c1ccnc(-c2[c-]ccc(-c3ccc(-c4ccccc4-c4ccccc4)c4cccnc34)c2)c1.Cc1ccnc(-c2[c-]cccc2)c1.[Ir]. The molecule has 0 saturated carbocycles. The average Bonchev–Trinajstić information content (AvgIpc) is 3.18. The number of nitrogens with zero attached hydrogens (tertiary/aromatic N) is 3. The summed E-state index contributed by atoms with van der Waals surface area (Å²) in [5.41, 5.74) is 14.5. The summed E-state index contributed by atoms with van der Waals surface area (Å²) in [5.74, 6) is 0. The van der Waals surface area contributed by atoms with Crippen molar-refractivity contribution in [3.8, 4) is 55.9 Å². The van der Waals surface area contributed by atoms with E-state index in [1.165, 1.54) is 33.4 Å². The van der Waals surface area contributed by atoms with Gasteiger partial charge in [-0.2, -0.15) is 0 Å². The van der Waals surface area contributed by atoms with Crippen LogP contribution in [0.5, 0.6) is 0 Å². The molecule has 0 fully saturated rings. The summed E-state index contributed by atoms with van der Waals surface area (Å²) in [6.45, 7) is 8.73. The van der Waals surface area contributed by atoms with Gasteiger partial charge in [-0.25, -0.2) is 0 Å². The molecule has 0 N–H and O–H groups in total. The first-order chi connectivity index (χ1) is 24.8. The van der Waals surface area contributed by atoms with Crippen LogP contribution in [0.1, 0.15) is 31.9 Å². The van der Waals surface area contributed by atoms with E-state index in [1.54, 1.807) is 0 Å². The van der Waals surface area contributed by atoms with E-state index < -0.39 is 0 Å². The zero-order valence-electron chi connectivity index (χ0n) is 29.8. The van der Waals surface area contributed by atoms with Crippen LogP contribution in [0.25, 0.3) is 66.8 Å². The topological polar surface area (TPSA) is 38.7 Å². The molecule has 5 aromatic carbocycles. The Morgan fingerprint density at radius 3 is 1.92 bits per heavy atom. The van der Waals surface area contributed by atoms with Gasteiger partial charge in [0.15, 0.2) is 0 Å². The molecule has 8 aromatic rings. The first-order valence-corrected chi connectivity index (χ1v) is 17.3. The third-order valence-electron chi connectivity index (χ3n) is 8.99. The Morgan fingerprint density at radius 2 is 1.17 bits per heavy atom. The summed E-state index contributed by atoms with van der Waals surface area (Å²) in [6, 6.07) is 56.8. The monoisotopic (exact) mass is 850 g/mol. The normalized spacial score (nSPS) is 10.9. The minimum Gasteiger partial charge on any atom is -0.305 e. The fraction of sp³-hybridized carbons (Fsp3) is 0.104. The number of aromatic nitrogens is 3. The molecular weight excluding hydrogens is 811 g/mol. The predicted octanol–water partition coefficient (Wildman–Crippen LogP) is 12.3. The number of rotatable bonds is 5. The number of hydrogen-bond acceptors (Lipinski definition) is 3. The zero-order chi connectivity index (χ0) is 35.2. The van der Waals surface area contributed by atoms with Crippen molar-refractivity contribution < 1.29 is 20.1 Å². The Labute approximate surface area is 320 Å². The van der Waals surface area contributed by atoms with E-state index in [2.05, 4.69) is 153 Å². The molecule has 3 aromatic heterocycles. The predicted molar refractivity (Wildman–Crippen MR) is 212 cm³/mol. The Morgan fingerprint density at radius 1 is 0.481 bits per heavy atom. The van der Waals surface area contributed by atoms with Crippen molar-refractivity contribution in [2.45, 2.75) is 33.1 Å². The molecule has 0 saturated heterocycles. The zero-order valence-corrected chi connectivity index (χ0v) is 32.2. The van der Waals surface area contributed by atoms with Gasteiger partial charge in [0, 0.05) is 44.1 Å². The molecule has 3 heterocycles. The van der Waals surface area contributed by atoms with Gasteiger partial charge in [0.2, 0.25) is 0 Å². The Balaban J connectivity index is 0.000000279. The molecule has 0 atom stereocenters. The number of hydrogen-bond donors (Lipinski definition) is 0. The van der Waals surface area contributed by atoms with Crippen LogP contribution in [0.3, 0.4) is 0 Å². The van der Waals surface area contributed by atoms with Crippen LogP contribution < -0.4 is 0 Å². The molecule has 0 bridgehead atoms. The number of benzene rings is 5. The van der Waals surface area contributed by atoms with Gasteiger partial charge in [-0.05, 0) is 75.3 Å². The van der Waals surface area contributed by atoms with Crippen LogP contribution in [0.15, 0.2) is 164 Å². The van der Waals surface area contributed by atoms with E-state index >= 15 is 0 Å². The van der Waals surface area contributed by atoms with Crippen molar-refractivity contribution >= 4 is 10.9 Å². The minimum atomic E-state index is 0. The fourth-order valence-electron chi connectivity index (χ4n) is 6.29. The van der Waals surface area contributed by atoms with Crippen molar-refractivity contribution in [2.75, 3.05) is 0 Å². The van der Waals surface area contributed by atoms with E-state index in [9.17, 15) is 0 Å². The first kappa shape index (κ1) is 36.3. The average molecular weight is 850 g/mol. The molecule has 257 valence electrons. The van der Waals surface area contributed by atoms with Crippen molar-refractivity contribution in [1.29, 1.82) is 0 Å². The van der Waals surface area contributed by atoms with Crippen LogP contribution in [0.2, 0.25) is 0 Å². The molecule has 0 aliphatic rings. The smallest absolute Gasteiger partial charge is 0.0770 e. The van der Waals surface area contributed by atoms with E-state index in [1.807, 2.05) is 61.1 Å². The van der Waals surface area contributed by atoms with Gasteiger partial charge in [-0.1, -0.05) is 117 Å². The molecule has 4 heteroatoms. The molecule has 0 unspecified atom stereocenters. The maximum Gasteiger partial charge on any atom is 0.0770 e. The summed E-state index contributed by atoms with van der Waals surface area (Å²) in [6.07, 6.45) is 5.60. The van der Waals surface area contributed by atoms with E-state index in [-0.39, 0.29) is 25.5 Å². The van der Waals surface area contributed by atoms with Crippen molar-refractivity contribution in [3.63, 3.8) is 0 Å². The number of fused-ring (bicyclic) bond motifs is 1. The molecule has 0 amide bonds. The van der Waals surface area contributed by atoms with Gasteiger partial charge >= 0.3 is 0 Å². The van der Waals surface area contributed by atoms with Crippen molar-refractivity contribution in [2.24, 2.45) is 0 Å². The van der Waals surface area contributed by atoms with E-state index in [4.69, 9.17) is 4.98 Å². The van der Waals surface area contributed by atoms with Crippen LogP contribution in [0.4, 0.5) is 0 Å². The third kappa shape index (κ3) is 8.16. The third-order valence-corrected chi connectivity index (χ3v) is 8.99. The van der Waals surface area contributed by atoms with Crippen molar-refractivity contribution in [3.05, 3.63) is 187 Å². The quantitative estimate of drug-likeness (QED) is 0.162. The second-order valence-corrected chi connectivity index (χ2v) is 13.6. The molecule has 52 heavy (non-hydrogen) atoms. The van der Waals surface area contributed by atoms with Gasteiger partial charge in [-0.3, -0.25) is 4.98 Å². The maximum atomic E-state index is 4.87. The van der Waals surface area contributed by atoms with E-state index in [0.29, 0.717) is 0 Å². The minimum absolute atomic E-state index is 0.